The highest BCUT2D eigenvalue weighted by molar-refractivity contribution is 7.22. The first-order valence-electron chi connectivity index (χ1n) is 5.20. The fourth-order valence-electron chi connectivity index (χ4n) is 1.56. The van der Waals surface area contributed by atoms with E-state index in [1.165, 1.54) is 11.3 Å². The van der Waals surface area contributed by atoms with Gasteiger partial charge in [-0.05, 0) is 25.0 Å². The smallest absolute Gasteiger partial charge is 0.229 e. The van der Waals surface area contributed by atoms with Gasteiger partial charge in [-0.1, -0.05) is 34.5 Å². The van der Waals surface area contributed by atoms with Gasteiger partial charge in [-0.15, -0.1) is 0 Å². The molecule has 0 radical (unpaired) electrons. The Balaban J connectivity index is 1.95. The number of thiazole rings is 1. The average Bonchev–Trinajstić information content (AvgIpc) is 3.01. The molecule has 0 bridgehead atoms. The second kappa shape index (κ2) is 4.12. The number of carbonyl (C=O) groups excluding carboxylic acids is 1. The van der Waals surface area contributed by atoms with E-state index in [0.29, 0.717) is 20.7 Å². The third kappa shape index (κ3) is 2.25. The van der Waals surface area contributed by atoms with Crippen molar-refractivity contribution in [3.8, 4) is 0 Å². The molecule has 1 amide bonds. The van der Waals surface area contributed by atoms with Gasteiger partial charge >= 0.3 is 0 Å². The Labute approximate surface area is 112 Å². The molecule has 1 aromatic carbocycles. The van der Waals surface area contributed by atoms with Crippen LogP contribution in [0.4, 0.5) is 5.13 Å². The molecule has 1 N–H and O–H groups in total. The zero-order valence-electron chi connectivity index (χ0n) is 8.67. The Kier molecular flexibility index (Phi) is 2.73. The molecule has 0 spiro atoms. The number of nitrogens with zero attached hydrogens (tertiary/aromatic N) is 1. The highest BCUT2D eigenvalue weighted by Crippen LogP contribution is 2.35. The SMILES string of the molecule is O=C(Nc1nc2c(Cl)cc(Cl)cc2s1)C1CC1. The van der Waals surface area contributed by atoms with Crippen LogP contribution in [0.15, 0.2) is 12.1 Å². The van der Waals surface area contributed by atoms with Gasteiger partial charge < -0.3 is 5.32 Å². The summed E-state index contributed by atoms with van der Waals surface area (Å²) in [6.07, 6.45) is 1.95. The summed E-state index contributed by atoms with van der Waals surface area (Å²) in [6.45, 7) is 0. The summed E-state index contributed by atoms with van der Waals surface area (Å²) in [7, 11) is 0. The lowest BCUT2D eigenvalue weighted by molar-refractivity contribution is -0.117. The van der Waals surface area contributed by atoms with Crippen LogP contribution in [-0.2, 0) is 4.79 Å². The molecule has 1 saturated carbocycles. The predicted octanol–water partition coefficient (Wildman–Crippen LogP) is 3.95. The van der Waals surface area contributed by atoms with E-state index in [9.17, 15) is 4.79 Å². The van der Waals surface area contributed by atoms with E-state index in [1.54, 1.807) is 12.1 Å². The first-order valence-corrected chi connectivity index (χ1v) is 6.77. The second-order valence-electron chi connectivity index (χ2n) is 4.02. The minimum absolute atomic E-state index is 0.0475. The van der Waals surface area contributed by atoms with Crippen LogP contribution in [0.5, 0.6) is 0 Å². The maximum Gasteiger partial charge on any atom is 0.229 e. The third-order valence-corrected chi connectivity index (χ3v) is 4.02. The molecule has 1 aromatic heterocycles. The summed E-state index contributed by atoms with van der Waals surface area (Å²) in [4.78, 5) is 15.9. The topological polar surface area (TPSA) is 42.0 Å². The maximum atomic E-state index is 11.6. The number of amides is 1. The Morgan fingerprint density at radius 1 is 1.41 bits per heavy atom. The largest absolute Gasteiger partial charge is 0.302 e. The number of anilines is 1. The van der Waals surface area contributed by atoms with Gasteiger partial charge in [0.15, 0.2) is 5.13 Å². The molecular weight excluding hydrogens is 279 g/mol. The van der Waals surface area contributed by atoms with E-state index in [2.05, 4.69) is 10.3 Å². The van der Waals surface area contributed by atoms with Crippen molar-refractivity contribution >= 4 is 55.8 Å². The molecular formula is C11H8Cl2N2OS. The normalized spacial score (nSPS) is 15.2. The summed E-state index contributed by atoms with van der Waals surface area (Å²) in [5.74, 6) is 0.215. The van der Waals surface area contributed by atoms with Gasteiger partial charge in [-0.25, -0.2) is 4.98 Å². The van der Waals surface area contributed by atoms with Crippen molar-refractivity contribution in [1.82, 2.24) is 4.98 Å². The summed E-state index contributed by atoms with van der Waals surface area (Å²) in [5, 5.41) is 4.48. The molecule has 3 rings (SSSR count). The standard InChI is InChI=1S/C11H8Cl2N2OS/c12-6-3-7(13)9-8(4-6)17-11(14-9)15-10(16)5-1-2-5/h3-5H,1-2H2,(H,14,15,16). The summed E-state index contributed by atoms with van der Waals surface area (Å²) in [5.41, 5.74) is 0.687. The van der Waals surface area contributed by atoms with Crippen molar-refractivity contribution in [2.75, 3.05) is 5.32 Å². The highest BCUT2D eigenvalue weighted by atomic mass is 35.5. The Morgan fingerprint density at radius 2 is 2.18 bits per heavy atom. The van der Waals surface area contributed by atoms with Crippen LogP contribution in [0, 0.1) is 5.92 Å². The lowest BCUT2D eigenvalue weighted by Gasteiger charge is -1.96. The van der Waals surface area contributed by atoms with Crippen molar-refractivity contribution in [3.63, 3.8) is 0 Å². The van der Waals surface area contributed by atoms with Gasteiger partial charge in [0.25, 0.3) is 0 Å². The predicted molar refractivity (Wildman–Crippen MR) is 71.0 cm³/mol. The minimum atomic E-state index is 0.0475. The van der Waals surface area contributed by atoms with Gasteiger partial charge in [0.1, 0.15) is 5.52 Å². The lowest BCUT2D eigenvalue weighted by atomic mass is 10.3. The van der Waals surface area contributed by atoms with Crippen molar-refractivity contribution in [2.24, 2.45) is 5.92 Å². The van der Waals surface area contributed by atoms with Crippen molar-refractivity contribution in [2.45, 2.75) is 12.8 Å². The van der Waals surface area contributed by atoms with Gasteiger partial charge in [-0.2, -0.15) is 0 Å². The number of aromatic nitrogens is 1. The number of fused-ring (bicyclic) bond motifs is 1. The monoisotopic (exact) mass is 286 g/mol. The van der Waals surface area contributed by atoms with E-state index in [4.69, 9.17) is 23.2 Å². The van der Waals surface area contributed by atoms with E-state index < -0.39 is 0 Å². The van der Waals surface area contributed by atoms with Crippen LogP contribution in [0.2, 0.25) is 10.0 Å². The summed E-state index contributed by atoms with van der Waals surface area (Å²) < 4.78 is 0.883. The zero-order valence-corrected chi connectivity index (χ0v) is 11.0. The molecule has 0 aliphatic heterocycles. The minimum Gasteiger partial charge on any atom is -0.302 e. The van der Waals surface area contributed by atoms with Crippen LogP contribution in [-0.4, -0.2) is 10.9 Å². The number of carbonyl (C=O) groups is 1. The number of halogens is 2. The fourth-order valence-corrected chi connectivity index (χ4v) is 3.16. The molecule has 6 heteroatoms. The fraction of sp³-hybridized carbons (Fsp3) is 0.273. The number of benzene rings is 1. The first-order chi connectivity index (χ1) is 8.13. The molecule has 1 aliphatic carbocycles. The van der Waals surface area contributed by atoms with Gasteiger partial charge in [0.2, 0.25) is 5.91 Å². The number of nitrogens with one attached hydrogen (secondary N) is 1. The first kappa shape index (κ1) is 11.3. The van der Waals surface area contributed by atoms with Crippen LogP contribution >= 0.6 is 34.5 Å². The molecule has 1 heterocycles. The Hall–Kier alpha value is -0.840. The molecule has 0 unspecified atom stereocenters. The summed E-state index contributed by atoms with van der Waals surface area (Å²) in [6, 6.07) is 3.45. The van der Waals surface area contributed by atoms with E-state index in [1.807, 2.05) is 0 Å². The Bertz CT molecular complexity index is 607. The molecule has 3 nitrogen and oxygen atoms in total. The maximum absolute atomic E-state index is 11.6. The summed E-state index contributed by atoms with van der Waals surface area (Å²) >= 11 is 13.3. The number of rotatable bonds is 2. The Morgan fingerprint density at radius 3 is 2.88 bits per heavy atom. The number of hydrogen-bond acceptors (Lipinski definition) is 3. The zero-order chi connectivity index (χ0) is 12.0. The van der Waals surface area contributed by atoms with Gasteiger partial charge in [0.05, 0.1) is 9.72 Å². The average molecular weight is 287 g/mol. The van der Waals surface area contributed by atoms with Crippen molar-refractivity contribution < 1.29 is 4.79 Å². The van der Waals surface area contributed by atoms with Crippen LogP contribution < -0.4 is 5.32 Å². The molecule has 1 aliphatic rings. The van der Waals surface area contributed by atoms with Gasteiger partial charge in [0, 0.05) is 10.9 Å². The second-order valence-corrected chi connectivity index (χ2v) is 5.89. The molecule has 88 valence electrons. The lowest BCUT2D eigenvalue weighted by Crippen LogP contribution is -2.12. The van der Waals surface area contributed by atoms with E-state index in [-0.39, 0.29) is 11.8 Å². The molecule has 2 aromatic rings. The van der Waals surface area contributed by atoms with Crippen molar-refractivity contribution in [1.29, 1.82) is 0 Å². The van der Waals surface area contributed by atoms with Crippen LogP contribution in [0.1, 0.15) is 12.8 Å². The molecule has 1 fully saturated rings. The van der Waals surface area contributed by atoms with Crippen molar-refractivity contribution in [3.05, 3.63) is 22.2 Å². The quantitative estimate of drug-likeness (QED) is 0.908. The van der Waals surface area contributed by atoms with E-state index >= 15 is 0 Å². The third-order valence-electron chi connectivity index (χ3n) is 2.59. The van der Waals surface area contributed by atoms with Gasteiger partial charge in [-0.3, -0.25) is 4.79 Å². The van der Waals surface area contributed by atoms with Crippen LogP contribution in [0.3, 0.4) is 0 Å². The molecule has 0 saturated heterocycles. The molecule has 17 heavy (non-hydrogen) atoms. The van der Waals surface area contributed by atoms with Crippen LogP contribution in [0.25, 0.3) is 10.2 Å². The highest BCUT2D eigenvalue weighted by Gasteiger charge is 2.30. The molecule has 0 atom stereocenters. The van der Waals surface area contributed by atoms with E-state index in [0.717, 1.165) is 17.5 Å². The number of hydrogen-bond donors (Lipinski definition) is 1.